The van der Waals surface area contributed by atoms with E-state index in [2.05, 4.69) is 15.5 Å². The minimum absolute atomic E-state index is 0.0529. The summed E-state index contributed by atoms with van der Waals surface area (Å²) in [5.41, 5.74) is 0.864. The lowest BCUT2D eigenvalue weighted by Crippen LogP contribution is -2.52. The third-order valence-corrected chi connectivity index (χ3v) is 5.57. The summed E-state index contributed by atoms with van der Waals surface area (Å²) in [5, 5.41) is 5.42. The Bertz CT molecular complexity index is 942. The van der Waals surface area contributed by atoms with Gasteiger partial charge in [-0.15, -0.1) is 0 Å². The highest BCUT2D eigenvalue weighted by Gasteiger charge is 2.31. The molecule has 2 aliphatic heterocycles. The van der Waals surface area contributed by atoms with Crippen molar-refractivity contribution in [3.63, 3.8) is 0 Å². The van der Waals surface area contributed by atoms with Gasteiger partial charge in [-0.25, -0.2) is 0 Å². The third kappa shape index (κ3) is 5.21. The van der Waals surface area contributed by atoms with Crippen LogP contribution in [0.25, 0.3) is 0 Å². The van der Waals surface area contributed by atoms with E-state index in [-0.39, 0.29) is 24.1 Å². The van der Waals surface area contributed by atoms with E-state index in [0.717, 1.165) is 25.4 Å². The summed E-state index contributed by atoms with van der Waals surface area (Å²) in [6, 6.07) is 15.6. The van der Waals surface area contributed by atoms with Crippen LogP contribution in [0, 0.1) is 0 Å². The summed E-state index contributed by atoms with van der Waals surface area (Å²) in [6.45, 7) is 4.06. The fraction of sp³-hybridized carbons (Fsp3) is 0.348. The number of nitrogens with one attached hydrogen (secondary N) is 2. The van der Waals surface area contributed by atoms with E-state index in [1.165, 1.54) is 0 Å². The molecule has 2 aromatic carbocycles. The Hall–Kier alpha value is -3.39. The van der Waals surface area contributed by atoms with Crippen molar-refractivity contribution >= 4 is 23.4 Å². The van der Waals surface area contributed by atoms with Gasteiger partial charge in [0.05, 0.1) is 17.7 Å². The molecule has 0 saturated carbocycles. The largest absolute Gasteiger partial charge is 0.492 e. The van der Waals surface area contributed by atoms with Gasteiger partial charge in [0.2, 0.25) is 11.8 Å². The van der Waals surface area contributed by atoms with Crippen LogP contribution in [0.4, 0.5) is 5.69 Å². The number of hydrogen-bond acceptors (Lipinski definition) is 5. The first kappa shape index (κ1) is 20.9. The van der Waals surface area contributed by atoms with Gasteiger partial charge >= 0.3 is 0 Å². The number of ether oxygens (including phenoxy) is 1. The molecule has 2 heterocycles. The topological polar surface area (TPSA) is 91.0 Å². The summed E-state index contributed by atoms with van der Waals surface area (Å²) in [7, 11) is 0. The Morgan fingerprint density at radius 2 is 1.68 bits per heavy atom. The van der Waals surface area contributed by atoms with Crippen LogP contribution >= 0.6 is 0 Å². The van der Waals surface area contributed by atoms with Crippen LogP contribution in [0.3, 0.4) is 0 Å². The molecule has 4 rings (SSSR count). The van der Waals surface area contributed by atoms with Crippen molar-refractivity contribution in [3.8, 4) is 5.75 Å². The van der Waals surface area contributed by atoms with Crippen molar-refractivity contribution < 1.29 is 19.1 Å². The average Bonchev–Trinajstić information content (AvgIpc) is 2.91. The molecule has 3 amide bonds. The minimum atomic E-state index is -0.885. The summed E-state index contributed by atoms with van der Waals surface area (Å²) >= 11 is 0. The fourth-order valence-electron chi connectivity index (χ4n) is 3.79. The second-order valence-electron chi connectivity index (χ2n) is 7.65. The van der Waals surface area contributed by atoms with E-state index in [0.29, 0.717) is 30.9 Å². The molecule has 162 valence electrons. The molecule has 8 heteroatoms. The third-order valence-electron chi connectivity index (χ3n) is 5.57. The Kier molecular flexibility index (Phi) is 6.47. The van der Waals surface area contributed by atoms with E-state index >= 15 is 0 Å². The van der Waals surface area contributed by atoms with Crippen molar-refractivity contribution in [2.24, 2.45) is 0 Å². The summed E-state index contributed by atoms with van der Waals surface area (Å²) in [6.07, 6.45) is -0.0529. The Labute approximate surface area is 181 Å². The van der Waals surface area contributed by atoms with Crippen LogP contribution in [0.2, 0.25) is 0 Å². The second-order valence-corrected chi connectivity index (χ2v) is 7.65. The van der Waals surface area contributed by atoms with Gasteiger partial charge in [0, 0.05) is 32.7 Å². The van der Waals surface area contributed by atoms with Crippen LogP contribution in [0.1, 0.15) is 16.8 Å². The molecule has 0 radical (unpaired) electrons. The SMILES string of the molecule is O=C1NC(CC(=O)N2CCN(CCOc3ccccc3)CC2)C(=O)Nc2ccccc21. The maximum Gasteiger partial charge on any atom is 0.254 e. The molecule has 8 nitrogen and oxygen atoms in total. The molecule has 0 aromatic heterocycles. The molecule has 0 bridgehead atoms. The van der Waals surface area contributed by atoms with Crippen molar-refractivity contribution in [1.29, 1.82) is 0 Å². The maximum atomic E-state index is 12.8. The molecule has 1 saturated heterocycles. The van der Waals surface area contributed by atoms with Crippen molar-refractivity contribution in [2.75, 3.05) is 44.6 Å². The number of amides is 3. The quantitative estimate of drug-likeness (QED) is 0.734. The standard InChI is InChI=1S/C23H26N4O4/c28-21(16-20-23(30)24-19-9-5-4-8-18(19)22(29)25-20)27-12-10-26(11-13-27)14-15-31-17-6-2-1-3-7-17/h1-9,20H,10-16H2,(H,24,30)(H,25,29). The molecular weight excluding hydrogens is 396 g/mol. The first-order valence-corrected chi connectivity index (χ1v) is 10.5. The Balaban J connectivity index is 1.24. The van der Waals surface area contributed by atoms with Crippen molar-refractivity contribution in [3.05, 3.63) is 60.2 Å². The zero-order chi connectivity index (χ0) is 21.6. The molecule has 2 aliphatic rings. The van der Waals surface area contributed by atoms with Gasteiger partial charge in [0.1, 0.15) is 18.4 Å². The second kappa shape index (κ2) is 9.61. The Morgan fingerprint density at radius 3 is 2.45 bits per heavy atom. The highest BCUT2D eigenvalue weighted by molar-refractivity contribution is 6.10. The number of carbonyl (C=O) groups excluding carboxylic acids is 3. The first-order valence-electron chi connectivity index (χ1n) is 10.5. The Morgan fingerprint density at radius 1 is 0.968 bits per heavy atom. The number of anilines is 1. The molecule has 1 atom stereocenters. The number of para-hydroxylation sites is 2. The van der Waals surface area contributed by atoms with Crippen molar-refractivity contribution in [1.82, 2.24) is 15.1 Å². The van der Waals surface area contributed by atoms with Gasteiger partial charge < -0.3 is 20.3 Å². The first-order chi connectivity index (χ1) is 15.1. The highest BCUT2D eigenvalue weighted by Crippen LogP contribution is 2.19. The molecule has 1 fully saturated rings. The van der Waals surface area contributed by atoms with Crippen LogP contribution in [0.5, 0.6) is 5.75 Å². The van der Waals surface area contributed by atoms with Gasteiger partial charge in [-0.2, -0.15) is 0 Å². The molecular formula is C23H26N4O4. The van der Waals surface area contributed by atoms with Crippen LogP contribution in [0.15, 0.2) is 54.6 Å². The van der Waals surface area contributed by atoms with Gasteiger partial charge in [0.15, 0.2) is 0 Å². The molecule has 0 spiro atoms. The van der Waals surface area contributed by atoms with Crippen molar-refractivity contribution in [2.45, 2.75) is 12.5 Å². The highest BCUT2D eigenvalue weighted by atomic mass is 16.5. The molecule has 2 aromatic rings. The minimum Gasteiger partial charge on any atom is -0.492 e. The number of fused-ring (bicyclic) bond motifs is 1. The zero-order valence-corrected chi connectivity index (χ0v) is 17.3. The number of nitrogens with zero attached hydrogens (tertiary/aromatic N) is 2. The van der Waals surface area contributed by atoms with E-state index in [9.17, 15) is 14.4 Å². The number of hydrogen-bond donors (Lipinski definition) is 2. The zero-order valence-electron chi connectivity index (χ0n) is 17.3. The number of rotatable bonds is 6. The molecule has 0 aliphatic carbocycles. The lowest BCUT2D eigenvalue weighted by molar-refractivity contribution is -0.135. The molecule has 31 heavy (non-hydrogen) atoms. The van der Waals surface area contributed by atoms with Gasteiger partial charge in [0.25, 0.3) is 5.91 Å². The smallest absolute Gasteiger partial charge is 0.254 e. The van der Waals surface area contributed by atoms with E-state index in [1.54, 1.807) is 29.2 Å². The predicted octanol–water partition coefficient (Wildman–Crippen LogP) is 1.35. The van der Waals surface area contributed by atoms with Crippen LogP contribution in [-0.4, -0.2) is 72.9 Å². The lowest BCUT2D eigenvalue weighted by Gasteiger charge is -2.35. The summed E-state index contributed by atoms with van der Waals surface area (Å²) < 4.78 is 5.74. The maximum absolute atomic E-state index is 12.8. The van der Waals surface area contributed by atoms with Gasteiger partial charge in [-0.05, 0) is 24.3 Å². The van der Waals surface area contributed by atoms with E-state index < -0.39 is 6.04 Å². The van der Waals surface area contributed by atoms with E-state index in [4.69, 9.17) is 4.74 Å². The average molecular weight is 422 g/mol. The number of carbonyl (C=O) groups is 3. The monoisotopic (exact) mass is 422 g/mol. The normalized spacial score (nSPS) is 19.1. The number of benzene rings is 2. The van der Waals surface area contributed by atoms with E-state index in [1.807, 2.05) is 30.3 Å². The lowest BCUT2D eigenvalue weighted by atomic mass is 10.1. The van der Waals surface area contributed by atoms with Crippen LogP contribution < -0.4 is 15.4 Å². The fourth-order valence-corrected chi connectivity index (χ4v) is 3.79. The van der Waals surface area contributed by atoms with Crippen LogP contribution in [-0.2, 0) is 9.59 Å². The predicted molar refractivity (Wildman–Crippen MR) is 116 cm³/mol. The summed E-state index contributed by atoms with van der Waals surface area (Å²) in [4.78, 5) is 41.7. The van der Waals surface area contributed by atoms with Gasteiger partial charge in [-0.3, -0.25) is 19.3 Å². The molecule has 2 N–H and O–H groups in total. The summed E-state index contributed by atoms with van der Waals surface area (Å²) in [5.74, 6) is -0.00730. The molecule has 1 unspecified atom stereocenters. The van der Waals surface area contributed by atoms with Gasteiger partial charge in [-0.1, -0.05) is 30.3 Å². The number of piperazine rings is 1.